The van der Waals surface area contributed by atoms with Crippen LogP contribution in [0.4, 0.5) is 5.82 Å². The van der Waals surface area contributed by atoms with E-state index in [0.717, 1.165) is 18.5 Å². The number of benzene rings is 1. The Morgan fingerprint density at radius 3 is 2.63 bits per heavy atom. The van der Waals surface area contributed by atoms with Crippen LogP contribution >= 0.6 is 0 Å². The zero-order chi connectivity index (χ0) is 13.7. The molecule has 2 rings (SSSR count). The van der Waals surface area contributed by atoms with Gasteiger partial charge < -0.3 is 5.32 Å². The first-order valence-corrected chi connectivity index (χ1v) is 6.52. The summed E-state index contributed by atoms with van der Waals surface area (Å²) < 4.78 is 0. The highest BCUT2D eigenvalue weighted by Gasteiger charge is 2.13. The van der Waals surface area contributed by atoms with Gasteiger partial charge in [0.25, 0.3) is 0 Å². The minimum Gasteiger partial charge on any atom is -0.369 e. The molecule has 1 aromatic carbocycles. The van der Waals surface area contributed by atoms with Crippen LogP contribution in [0.5, 0.6) is 0 Å². The Labute approximate surface area is 113 Å². The molecule has 1 N–H and O–H groups in total. The summed E-state index contributed by atoms with van der Waals surface area (Å²) in [7, 11) is 0. The van der Waals surface area contributed by atoms with E-state index in [1.165, 1.54) is 0 Å². The minimum absolute atomic E-state index is 0.00621. The zero-order valence-corrected chi connectivity index (χ0v) is 11.3. The fraction of sp³-hybridized carbons (Fsp3) is 0.250. The Kier molecular flexibility index (Phi) is 4.29. The molecule has 2 aromatic rings. The van der Waals surface area contributed by atoms with Gasteiger partial charge in [0.05, 0.1) is 5.56 Å². The molecule has 98 valence electrons. The second kappa shape index (κ2) is 6.14. The summed E-state index contributed by atoms with van der Waals surface area (Å²) in [6, 6.07) is 11.2. The van der Waals surface area contributed by atoms with Gasteiger partial charge in [-0.1, -0.05) is 36.8 Å². The molecule has 0 unspecified atom stereocenters. The Balaban J connectivity index is 2.30. The quantitative estimate of drug-likeness (QED) is 0.831. The average molecular weight is 254 g/mol. The van der Waals surface area contributed by atoms with E-state index in [1.807, 2.05) is 37.3 Å². The van der Waals surface area contributed by atoms with E-state index in [1.54, 1.807) is 12.3 Å². The number of ketones is 1. The van der Waals surface area contributed by atoms with Crippen molar-refractivity contribution in [2.75, 3.05) is 11.9 Å². The number of pyridine rings is 1. The van der Waals surface area contributed by atoms with Crippen LogP contribution in [0.2, 0.25) is 0 Å². The lowest BCUT2D eigenvalue weighted by Gasteiger charge is -2.09. The van der Waals surface area contributed by atoms with Crippen LogP contribution in [-0.2, 0) is 0 Å². The highest BCUT2D eigenvalue weighted by atomic mass is 16.1. The third kappa shape index (κ3) is 3.19. The summed E-state index contributed by atoms with van der Waals surface area (Å²) in [4.78, 5) is 16.7. The molecule has 3 nitrogen and oxygen atoms in total. The fourth-order valence-electron chi connectivity index (χ4n) is 1.83. The molecule has 0 amide bonds. The maximum atomic E-state index is 12.5. The Bertz CT molecular complexity index is 561. The van der Waals surface area contributed by atoms with Crippen molar-refractivity contribution < 1.29 is 4.79 Å². The average Bonchev–Trinajstić information content (AvgIpc) is 2.45. The molecule has 0 aliphatic carbocycles. The van der Waals surface area contributed by atoms with E-state index in [2.05, 4.69) is 17.2 Å². The molecular formula is C16H18N2O. The lowest BCUT2D eigenvalue weighted by Crippen LogP contribution is -2.10. The molecule has 1 heterocycles. The maximum absolute atomic E-state index is 12.5. The molecule has 3 heteroatoms. The number of anilines is 1. The second-order valence-corrected chi connectivity index (χ2v) is 4.52. The number of carbonyl (C=O) groups excluding carboxylic acids is 1. The summed E-state index contributed by atoms with van der Waals surface area (Å²) >= 11 is 0. The zero-order valence-electron chi connectivity index (χ0n) is 11.3. The number of nitrogens with zero attached hydrogens (tertiary/aromatic N) is 1. The summed E-state index contributed by atoms with van der Waals surface area (Å²) in [5, 5.41) is 3.19. The molecule has 1 aromatic heterocycles. The first-order chi connectivity index (χ1) is 9.22. The van der Waals surface area contributed by atoms with Gasteiger partial charge in [-0.3, -0.25) is 4.79 Å². The van der Waals surface area contributed by atoms with Gasteiger partial charge in [-0.05, 0) is 25.5 Å². The van der Waals surface area contributed by atoms with Crippen LogP contribution in [-0.4, -0.2) is 17.3 Å². The van der Waals surface area contributed by atoms with Crippen LogP contribution in [0.15, 0.2) is 42.6 Å². The number of aryl methyl sites for hydroxylation is 1. The highest BCUT2D eigenvalue weighted by Crippen LogP contribution is 2.17. The Morgan fingerprint density at radius 1 is 1.21 bits per heavy atom. The molecule has 0 bridgehead atoms. The van der Waals surface area contributed by atoms with Gasteiger partial charge >= 0.3 is 0 Å². The Morgan fingerprint density at radius 2 is 1.95 bits per heavy atom. The molecule has 0 atom stereocenters. The molecule has 0 saturated heterocycles. The summed E-state index contributed by atoms with van der Waals surface area (Å²) in [5.41, 5.74) is 2.46. The standard InChI is InChI=1S/C16H18N2O/c1-3-10-17-16-14(5-4-11-18-16)15(19)13-8-6-12(2)7-9-13/h4-9,11H,3,10H2,1-2H3,(H,17,18). The number of hydrogen-bond donors (Lipinski definition) is 1. The molecular weight excluding hydrogens is 236 g/mol. The minimum atomic E-state index is 0.00621. The van der Waals surface area contributed by atoms with Crippen LogP contribution in [0, 0.1) is 6.92 Å². The van der Waals surface area contributed by atoms with Crippen molar-refractivity contribution in [3.05, 3.63) is 59.3 Å². The van der Waals surface area contributed by atoms with E-state index in [0.29, 0.717) is 16.9 Å². The molecule has 19 heavy (non-hydrogen) atoms. The molecule has 0 aliphatic rings. The molecule has 0 saturated carbocycles. The Hall–Kier alpha value is -2.16. The fourth-order valence-corrected chi connectivity index (χ4v) is 1.83. The van der Waals surface area contributed by atoms with E-state index >= 15 is 0 Å². The predicted octanol–water partition coefficient (Wildman–Crippen LogP) is 3.44. The van der Waals surface area contributed by atoms with Crippen LogP contribution in [0.1, 0.15) is 34.8 Å². The van der Waals surface area contributed by atoms with Crippen LogP contribution in [0.25, 0.3) is 0 Å². The second-order valence-electron chi connectivity index (χ2n) is 4.52. The van der Waals surface area contributed by atoms with Gasteiger partial charge in [-0.2, -0.15) is 0 Å². The molecule has 0 aliphatic heterocycles. The van der Waals surface area contributed by atoms with E-state index in [9.17, 15) is 4.79 Å². The van der Waals surface area contributed by atoms with E-state index in [-0.39, 0.29) is 5.78 Å². The van der Waals surface area contributed by atoms with Gasteiger partial charge in [0.1, 0.15) is 5.82 Å². The van der Waals surface area contributed by atoms with Crippen LogP contribution in [0.3, 0.4) is 0 Å². The third-order valence-electron chi connectivity index (χ3n) is 2.91. The molecule has 0 radical (unpaired) electrons. The van der Waals surface area contributed by atoms with Gasteiger partial charge in [0, 0.05) is 18.3 Å². The van der Waals surface area contributed by atoms with E-state index < -0.39 is 0 Å². The predicted molar refractivity (Wildman–Crippen MR) is 77.6 cm³/mol. The SMILES string of the molecule is CCCNc1ncccc1C(=O)c1ccc(C)cc1. The first-order valence-electron chi connectivity index (χ1n) is 6.52. The third-order valence-corrected chi connectivity index (χ3v) is 2.91. The topological polar surface area (TPSA) is 42.0 Å². The van der Waals surface area contributed by atoms with Crippen molar-refractivity contribution in [3.63, 3.8) is 0 Å². The molecule has 0 spiro atoms. The summed E-state index contributed by atoms with van der Waals surface area (Å²) in [6.07, 6.45) is 2.69. The van der Waals surface area contributed by atoms with Crippen molar-refractivity contribution in [2.24, 2.45) is 0 Å². The van der Waals surface area contributed by atoms with Crippen molar-refractivity contribution in [1.29, 1.82) is 0 Å². The van der Waals surface area contributed by atoms with Gasteiger partial charge in [-0.25, -0.2) is 4.98 Å². The number of nitrogens with one attached hydrogen (secondary N) is 1. The number of rotatable bonds is 5. The number of aromatic nitrogens is 1. The number of carbonyl (C=O) groups is 1. The summed E-state index contributed by atoms with van der Waals surface area (Å²) in [6.45, 7) is 4.90. The van der Waals surface area contributed by atoms with Gasteiger partial charge in [-0.15, -0.1) is 0 Å². The largest absolute Gasteiger partial charge is 0.369 e. The van der Waals surface area contributed by atoms with Gasteiger partial charge in [0.2, 0.25) is 0 Å². The lowest BCUT2D eigenvalue weighted by atomic mass is 10.0. The van der Waals surface area contributed by atoms with E-state index in [4.69, 9.17) is 0 Å². The number of hydrogen-bond acceptors (Lipinski definition) is 3. The monoisotopic (exact) mass is 254 g/mol. The van der Waals surface area contributed by atoms with Crippen molar-refractivity contribution >= 4 is 11.6 Å². The summed E-state index contributed by atoms with van der Waals surface area (Å²) in [5.74, 6) is 0.668. The van der Waals surface area contributed by atoms with Crippen molar-refractivity contribution in [3.8, 4) is 0 Å². The highest BCUT2D eigenvalue weighted by molar-refractivity contribution is 6.11. The maximum Gasteiger partial charge on any atom is 0.196 e. The van der Waals surface area contributed by atoms with Gasteiger partial charge in [0.15, 0.2) is 5.78 Å². The first kappa shape index (κ1) is 13.3. The smallest absolute Gasteiger partial charge is 0.196 e. The lowest BCUT2D eigenvalue weighted by molar-refractivity contribution is 0.103. The molecule has 0 fully saturated rings. The normalized spacial score (nSPS) is 10.2. The van der Waals surface area contributed by atoms with Crippen molar-refractivity contribution in [1.82, 2.24) is 4.98 Å². The van der Waals surface area contributed by atoms with Crippen molar-refractivity contribution in [2.45, 2.75) is 20.3 Å². The van der Waals surface area contributed by atoms with Crippen LogP contribution < -0.4 is 5.32 Å².